The Morgan fingerprint density at radius 1 is 1.10 bits per heavy atom. The Bertz CT molecular complexity index is 597. The van der Waals surface area contributed by atoms with Crippen LogP contribution in [-0.4, -0.2) is 17.5 Å². The van der Waals surface area contributed by atoms with Gasteiger partial charge in [0.25, 0.3) is 0 Å². The Labute approximate surface area is 125 Å². The van der Waals surface area contributed by atoms with Crippen molar-refractivity contribution >= 4 is 5.78 Å². The van der Waals surface area contributed by atoms with E-state index in [1.165, 1.54) is 5.56 Å². The third-order valence-corrected chi connectivity index (χ3v) is 3.96. The summed E-state index contributed by atoms with van der Waals surface area (Å²) in [5, 5.41) is 1.94. The highest BCUT2D eigenvalue weighted by Crippen LogP contribution is 2.36. The number of Topliss-reactive ketones (excluding diaryl/α,β-unsaturated/α-hetero) is 1. The third kappa shape index (κ3) is 3.04. The van der Waals surface area contributed by atoms with Crippen LogP contribution in [0.2, 0.25) is 0 Å². The topological polar surface area (TPSA) is 29.5 Å². The summed E-state index contributed by atoms with van der Waals surface area (Å²) in [6, 6.07) is 20.3. The second-order valence-corrected chi connectivity index (χ2v) is 5.43. The zero-order valence-corrected chi connectivity index (χ0v) is 12.1. The monoisotopic (exact) mass is 281 g/mol. The number of nitrogens with zero attached hydrogens (tertiary/aromatic N) is 1. The molecule has 0 bridgehead atoms. The number of hydroxylamine groups is 2. The summed E-state index contributed by atoms with van der Waals surface area (Å²) in [4.78, 5) is 17.7. The number of carbonyl (C=O) groups is 1. The van der Waals surface area contributed by atoms with E-state index >= 15 is 0 Å². The maximum absolute atomic E-state index is 11.9. The standard InChI is InChI=1S/C18H19NO2/c1-14(20)17-13-21-19(12-15-8-4-2-5-9-15)18(17)16-10-6-3-7-11-16/h2-11,17-18H,12-13H2,1H3/t17-,18-/m0/s1. The molecule has 0 amide bonds. The minimum absolute atomic E-state index is 0.0103. The highest BCUT2D eigenvalue weighted by atomic mass is 16.7. The minimum Gasteiger partial charge on any atom is -0.300 e. The van der Waals surface area contributed by atoms with Crippen LogP contribution in [0, 0.1) is 5.92 Å². The zero-order chi connectivity index (χ0) is 14.7. The molecule has 1 aliphatic rings. The average Bonchev–Trinajstić information content (AvgIpc) is 2.93. The van der Waals surface area contributed by atoms with Gasteiger partial charge in [-0.3, -0.25) is 9.63 Å². The van der Waals surface area contributed by atoms with Crippen LogP contribution in [0.1, 0.15) is 24.1 Å². The van der Waals surface area contributed by atoms with Gasteiger partial charge in [0, 0.05) is 6.54 Å². The van der Waals surface area contributed by atoms with Gasteiger partial charge in [-0.05, 0) is 18.1 Å². The lowest BCUT2D eigenvalue weighted by Gasteiger charge is -2.25. The first-order valence-electron chi connectivity index (χ1n) is 7.24. The van der Waals surface area contributed by atoms with Crippen molar-refractivity contribution in [2.45, 2.75) is 19.5 Å². The molecule has 0 aliphatic carbocycles. The van der Waals surface area contributed by atoms with E-state index in [-0.39, 0.29) is 17.7 Å². The molecule has 3 rings (SSSR count). The molecule has 1 aliphatic heterocycles. The molecular formula is C18H19NO2. The number of hydrogen-bond acceptors (Lipinski definition) is 3. The fourth-order valence-corrected chi connectivity index (χ4v) is 2.84. The lowest BCUT2D eigenvalue weighted by molar-refractivity contribution is -0.141. The molecule has 3 heteroatoms. The second-order valence-electron chi connectivity index (χ2n) is 5.43. The van der Waals surface area contributed by atoms with Gasteiger partial charge >= 0.3 is 0 Å². The number of ketones is 1. The van der Waals surface area contributed by atoms with Crippen LogP contribution in [-0.2, 0) is 16.2 Å². The second kappa shape index (κ2) is 6.20. The highest BCUT2D eigenvalue weighted by Gasteiger charge is 2.39. The van der Waals surface area contributed by atoms with E-state index in [1.807, 2.05) is 41.5 Å². The largest absolute Gasteiger partial charge is 0.300 e. The fourth-order valence-electron chi connectivity index (χ4n) is 2.84. The molecule has 3 nitrogen and oxygen atoms in total. The maximum Gasteiger partial charge on any atom is 0.137 e. The molecule has 1 fully saturated rings. The maximum atomic E-state index is 11.9. The zero-order valence-electron chi connectivity index (χ0n) is 12.1. The van der Waals surface area contributed by atoms with Gasteiger partial charge in [0.2, 0.25) is 0 Å². The quantitative estimate of drug-likeness (QED) is 0.860. The normalized spacial score (nSPS) is 22.3. The molecule has 0 unspecified atom stereocenters. The van der Waals surface area contributed by atoms with Gasteiger partial charge in [0.05, 0.1) is 18.6 Å². The van der Waals surface area contributed by atoms with Gasteiger partial charge in [-0.25, -0.2) is 0 Å². The van der Waals surface area contributed by atoms with Crippen LogP contribution >= 0.6 is 0 Å². The number of rotatable bonds is 4. The summed E-state index contributed by atoms with van der Waals surface area (Å²) in [5.41, 5.74) is 2.31. The van der Waals surface area contributed by atoms with E-state index in [4.69, 9.17) is 4.84 Å². The molecule has 1 saturated heterocycles. The average molecular weight is 281 g/mol. The van der Waals surface area contributed by atoms with Crippen molar-refractivity contribution in [3.05, 3.63) is 71.8 Å². The molecule has 1 heterocycles. The van der Waals surface area contributed by atoms with Gasteiger partial charge in [0.1, 0.15) is 5.78 Å². The van der Waals surface area contributed by atoms with Crippen LogP contribution in [0.15, 0.2) is 60.7 Å². The van der Waals surface area contributed by atoms with Gasteiger partial charge in [-0.2, -0.15) is 5.06 Å². The van der Waals surface area contributed by atoms with Crippen molar-refractivity contribution in [2.75, 3.05) is 6.61 Å². The van der Waals surface area contributed by atoms with Gasteiger partial charge in [-0.1, -0.05) is 60.7 Å². The number of hydrogen-bond donors (Lipinski definition) is 0. The molecule has 108 valence electrons. The van der Waals surface area contributed by atoms with E-state index in [1.54, 1.807) is 6.92 Å². The Balaban J connectivity index is 1.87. The highest BCUT2D eigenvalue weighted by molar-refractivity contribution is 5.79. The van der Waals surface area contributed by atoms with Crippen molar-refractivity contribution in [1.29, 1.82) is 0 Å². The van der Waals surface area contributed by atoms with Gasteiger partial charge < -0.3 is 0 Å². The van der Waals surface area contributed by atoms with E-state index in [0.717, 1.165) is 5.56 Å². The van der Waals surface area contributed by atoms with Crippen LogP contribution in [0.4, 0.5) is 0 Å². The summed E-state index contributed by atoms with van der Waals surface area (Å²) in [6.45, 7) is 2.79. The fraction of sp³-hybridized carbons (Fsp3) is 0.278. The summed E-state index contributed by atoms with van der Waals surface area (Å²) in [5.74, 6) is 0.0792. The van der Waals surface area contributed by atoms with Crippen molar-refractivity contribution in [3.63, 3.8) is 0 Å². The van der Waals surface area contributed by atoms with Crippen LogP contribution < -0.4 is 0 Å². The predicted octanol–water partition coefficient (Wildman–Crippen LogP) is 3.38. The molecule has 0 N–H and O–H groups in total. The SMILES string of the molecule is CC(=O)[C@@H]1CON(Cc2ccccc2)[C@H]1c1ccccc1. The molecule has 2 aromatic rings. The first-order valence-corrected chi connectivity index (χ1v) is 7.24. The Morgan fingerprint density at radius 3 is 2.33 bits per heavy atom. The predicted molar refractivity (Wildman–Crippen MR) is 81.3 cm³/mol. The first-order chi connectivity index (χ1) is 10.3. The Kier molecular flexibility index (Phi) is 4.13. The summed E-state index contributed by atoms with van der Waals surface area (Å²) >= 11 is 0. The molecule has 2 atom stereocenters. The Hall–Kier alpha value is -1.97. The Morgan fingerprint density at radius 2 is 1.71 bits per heavy atom. The van der Waals surface area contributed by atoms with E-state index in [0.29, 0.717) is 13.2 Å². The van der Waals surface area contributed by atoms with Crippen LogP contribution in [0.3, 0.4) is 0 Å². The summed E-state index contributed by atoms with van der Waals surface area (Å²) in [6.07, 6.45) is 0. The molecule has 21 heavy (non-hydrogen) atoms. The molecule has 0 radical (unpaired) electrons. The van der Waals surface area contributed by atoms with Crippen LogP contribution in [0.25, 0.3) is 0 Å². The molecule has 0 saturated carbocycles. The van der Waals surface area contributed by atoms with Crippen molar-refractivity contribution in [3.8, 4) is 0 Å². The van der Waals surface area contributed by atoms with Gasteiger partial charge in [-0.15, -0.1) is 0 Å². The summed E-state index contributed by atoms with van der Waals surface area (Å²) in [7, 11) is 0. The lowest BCUT2D eigenvalue weighted by Crippen LogP contribution is -2.27. The van der Waals surface area contributed by atoms with Gasteiger partial charge in [0.15, 0.2) is 0 Å². The minimum atomic E-state index is -0.101. The van der Waals surface area contributed by atoms with E-state index in [9.17, 15) is 4.79 Å². The van der Waals surface area contributed by atoms with Crippen molar-refractivity contribution in [1.82, 2.24) is 5.06 Å². The molecular weight excluding hydrogens is 262 g/mol. The molecule has 0 aromatic heterocycles. The summed E-state index contributed by atoms with van der Waals surface area (Å²) < 4.78 is 0. The number of benzene rings is 2. The first kappa shape index (κ1) is 14.0. The van der Waals surface area contributed by atoms with E-state index in [2.05, 4.69) is 24.3 Å². The van der Waals surface area contributed by atoms with Crippen LogP contribution in [0.5, 0.6) is 0 Å². The lowest BCUT2D eigenvalue weighted by atomic mass is 9.91. The smallest absolute Gasteiger partial charge is 0.137 e. The third-order valence-electron chi connectivity index (χ3n) is 3.96. The molecule has 0 spiro atoms. The number of carbonyl (C=O) groups excluding carboxylic acids is 1. The van der Waals surface area contributed by atoms with Crippen molar-refractivity contribution < 1.29 is 9.63 Å². The molecule has 2 aromatic carbocycles. The van der Waals surface area contributed by atoms with E-state index < -0.39 is 0 Å². The van der Waals surface area contributed by atoms with Crippen molar-refractivity contribution in [2.24, 2.45) is 5.92 Å².